The molecule has 0 saturated carbocycles. The van der Waals surface area contributed by atoms with Gasteiger partial charge in [0, 0.05) is 16.6 Å². The van der Waals surface area contributed by atoms with Gasteiger partial charge in [-0.3, -0.25) is 19.8 Å². The molecule has 1 saturated heterocycles. The molecule has 0 atom stereocenters. The summed E-state index contributed by atoms with van der Waals surface area (Å²) in [5, 5.41) is 4.50. The lowest BCUT2D eigenvalue weighted by Crippen LogP contribution is -2.53. The third-order valence-electron chi connectivity index (χ3n) is 5.02. The van der Waals surface area contributed by atoms with Gasteiger partial charge in [-0.2, -0.15) is 0 Å². The molecule has 0 aliphatic carbocycles. The van der Waals surface area contributed by atoms with Gasteiger partial charge in [-0.1, -0.05) is 64.5 Å². The van der Waals surface area contributed by atoms with E-state index in [0.717, 1.165) is 20.8 Å². The van der Waals surface area contributed by atoms with Crippen LogP contribution in [0.1, 0.15) is 11.1 Å². The van der Waals surface area contributed by atoms with E-state index in [1.54, 1.807) is 12.2 Å². The highest BCUT2D eigenvalue weighted by Crippen LogP contribution is 2.32. The normalized spacial score (nSPS) is 15.2. The summed E-state index contributed by atoms with van der Waals surface area (Å²) in [5.41, 5.74) is 1.64. The Morgan fingerprint density at radius 2 is 1.81 bits per heavy atom. The van der Waals surface area contributed by atoms with Gasteiger partial charge in [0.05, 0.1) is 0 Å². The molecule has 1 aliphatic rings. The zero-order valence-corrected chi connectivity index (χ0v) is 19.4. The highest BCUT2D eigenvalue weighted by atomic mass is 79.9. The number of thiocarbonyl (C=S) groups is 1. The quantitative estimate of drug-likeness (QED) is 0.221. The molecule has 7 heteroatoms. The van der Waals surface area contributed by atoms with E-state index in [2.05, 4.69) is 27.8 Å². The molecule has 1 aliphatic heterocycles. The molecule has 1 N–H and O–H groups in total. The molecule has 3 aromatic rings. The van der Waals surface area contributed by atoms with Crippen molar-refractivity contribution in [3.8, 4) is 5.75 Å². The van der Waals surface area contributed by atoms with Crippen molar-refractivity contribution in [1.82, 2.24) is 10.2 Å². The van der Waals surface area contributed by atoms with E-state index in [0.29, 0.717) is 17.9 Å². The number of hydrogen-bond acceptors (Lipinski definition) is 4. The van der Waals surface area contributed by atoms with E-state index in [4.69, 9.17) is 17.0 Å². The molecule has 160 valence electrons. The van der Waals surface area contributed by atoms with Gasteiger partial charge < -0.3 is 4.74 Å². The van der Waals surface area contributed by atoms with Crippen LogP contribution in [0.25, 0.3) is 16.8 Å². The zero-order chi connectivity index (χ0) is 22.7. The summed E-state index contributed by atoms with van der Waals surface area (Å²) < 4.78 is 7.11. The summed E-state index contributed by atoms with van der Waals surface area (Å²) in [7, 11) is 0. The molecular weight excluding hydrogens is 488 g/mol. The predicted molar refractivity (Wildman–Crippen MR) is 133 cm³/mol. The molecule has 5 nitrogen and oxygen atoms in total. The van der Waals surface area contributed by atoms with Crippen LogP contribution in [0.15, 0.2) is 83.4 Å². The van der Waals surface area contributed by atoms with Gasteiger partial charge in [0.2, 0.25) is 0 Å². The van der Waals surface area contributed by atoms with Gasteiger partial charge in [-0.05, 0) is 52.8 Å². The van der Waals surface area contributed by atoms with Crippen LogP contribution in [0.2, 0.25) is 0 Å². The van der Waals surface area contributed by atoms with Crippen LogP contribution in [0.5, 0.6) is 5.75 Å². The first-order chi connectivity index (χ1) is 15.5. The lowest BCUT2D eigenvalue weighted by atomic mass is 10.00. The molecular formula is C25H19BrN2O3S. The summed E-state index contributed by atoms with van der Waals surface area (Å²) in [6.45, 7) is 4.20. The number of carbonyl (C=O) groups excluding carboxylic acids is 2. The minimum Gasteiger partial charge on any atom is -0.488 e. The Morgan fingerprint density at radius 3 is 2.56 bits per heavy atom. The largest absolute Gasteiger partial charge is 0.488 e. The van der Waals surface area contributed by atoms with Crippen LogP contribution in [0.3, 0.4) is 0 Å². The number of rotatable bonds is 6. The Balaban J connectivity index is 1.77. The molecule has 4 rings (SSSR count). The Hall–Kier alpha value is -3.29. The van der Waals surface area contributed by atoms with Crippen molar-refractivity contribution in [3.05, 3.63) is 94.5 Å². The first-order valence-corrected chi connectivity index (χ1v) is 11.1. The maximum absolute atomic E-state index is 13.0. The van der Waals surface area contributed by atoms with Gasteiger partial charge in [0.25, 0.3) is 11.8 Å². The highest BCUT2D eigenvalue weighted by Gasteiger charge is 2.33. The van der Waals surface area contributed by atoms with Crippen molar-refractivity contribution in [1.29, 1.82) is 0 Å². The number of benzene rings is 3. The third kappa shape index (κ3) is 4.49. The maximum atomic E-state index is 13.0. The Kier molecular flexibility index (Phi) is 6.48. The summed E-state index contributed by atoms with van der Waals surface area (Å²) in [5.74, 6) is -0.430. The first kappa shape index (κ1) is 21.9. The first-order valence-electron chi connectivity index (χ1n) is 9.86. The van der Waals surface area contributed by atoms with Gasteiger partial charge in [0.15, 0.2) is 5.11 Å². The second-order valence-electron chi connectivity index (χ2n) is 7.14. The second-order valence-corrected chi connectivity index (χ2v) is 8.44. The van der Waals surface area contributed by atoms with Gasteiger partial charge >= 0.3 is 0 Å². The smallest absolute Gasteiger partial charge is 0.265 e. The van der Waals surface area contributed by atoms with Crippen molar-refractivity contribution in [2.75, 3.05) is 6.54 Å². The molecule has 0 radical (unpaired) electrons. The van der Waals surface area contributed by atoms with Gasteiger partial charge in [0.1, 0.15) is 17.9 Å². The SMILES string of the molecule is C=CCN1C(=O)/C(=C/c2c(OCc3ccc(Br)cc3)ccc3ccccc23)C(=O)NC1=S. The lowest BCUT2D eigenvalue weighted by molar-refractivity contribution is -0.128. The van der Waals surface area contributed by atoms with Crippen molar-refractivity contribution >= 4 is 61.9 Å². The fraction of sp³-hybridized carbons (Fsp3) is 0.0800. The van der Waals surface area contributed by atoms with E-state index in [9.17, 15) is 9.59 Å². The number of nitrogens with one attached hydrogen (secondary N) is 1. The summed E-state index contributed by atoms with van der Waals surface area (Å²) in [6.07, 6.45) is 3.14. The highest BCUT2D eigenvalue weighted by molar-refractivity contribution is 9.10. The van der Waals surface area contributed by atoms with E-state index in [1.807, 2.05) is 60.7 Å². The minimum atomic E-state index is -0.535. The van der Waals surface area contributed by atoms with Crippen molar-refractivity contribution < 1.29 is 14.3 Å². The molecule has 1 heterocycles. The maximum Gasteiger partial charge on any atom is 0.265 e. The molecule has 1 fully saturated rings. The number of hydrogen-bond donors (Lipinski definition) is 1. The summed E-state index contributed by atoms with van der Waals surface area (Å²) >= 11 is 8.57. The Bertz CT molecular complexity index is 1270. The standard InChI is InChI=1S/C25H19BrN2O3S/c1-2-13-28-24(30)21(23(29)27-25(28)32)14-20-19-6-4-3-5-17(19)9-12-22(20)31-15-16-7-10-18(26)11-8-16/h2-12,14H,1,13,15H2,(H,27,29,32)/b21-14+. The topological polar surface area (TPSA) is 58.6 Å². The van der Waals surface area contributed by atoms with Crippen LogP contribution in [-0.4, -0.2) is 28.4 Å². The van der Waals surface area contributed by atoms with E-state index in [1.165, 1.54) is 4.90 Å². The number of amides is 2. The van der Waals surface area contributed by atoms with Crippen molar-refractivity contribution in [2.24, 2.45) is 0 Å². The summed E-state index contributed by atoms with van der Waals surface area (Å²) in [4.78, 5) is 27.0. The van der Waals surface area contributed by atoms with Crippen LogP contribution in [0, 0.1) is 0 Å². The number of nitrogens with zero attached hydrogens (tertiary/aromatic N) is 1. The summed E-state index contributed by atoms with van der Waals surface area (Å²) in [6, 6.07) is 19.4. The zero-order valence-electron chi connectivity index (χ0n) is 17.0. The fourth-order valence-electron chi connectivity index (χ4n) is 3.43. The van der Waals surface area contributed by atoms with Crippen LogP contribution >= 0.6 is 28.1 Å². The number of halogens is 1. The van der Waals surface area contributed by atoms with Gasteiger partial charge in [-0.15, -0.1) is 6.58 Å². The number of carbonyl (C=O) groups is 2. The molecule has 0 aromatic heterocycles. The average Bonchev–Trinajstić information content (AvgIpc) is 2.79. The third-order valence-corrected chi connectivity index (χ3v) is 5.88. The van der Waals surface area contributed by atoms with Gasteiger partial charge in [-0.25, -0.2) is 0 Å². The van der Waals surface area contributed by atoms with Crippen LogP contribution < -0.4 is 10.1 Å². The molecule has 3 aromatic carbocycles. The molecule has 32 heavy (non-hydrogen) atoms. The molecule has 0 spiro atoms. The fourth-order valence-corrected chi connectivity index (χ4v) is 3.94. The van der Waals surface area contributed by atoms with E-state index >= 15 is 0 Å². The molecule has 0 unspecified atom stereocenters. The molecule has 2 amide bonds. The van der Waals surface area contributed by atoms with Crippen LogP contribution in [-0.2, 0) is 16.2 Å². The average molecular weight is 507 g/mol. The molecule has 0 bridgehead atoms. The van der Waals surface area contributed by atoms with Crippen LogP contribution in [0.4, 0.5) is 0 Å². The number of ether oxygens (including phenoxy) is 1. The lowest BCUT2D eigenvalue weighted by Gasteiger charge is -2.28. The van der Waals surface area contributed by atoms with Crippen molar-refractivity contribution in [2.45, 2.75) is 6.61 Å². The Morgan fingerprint density at radius 1 is 1.06 bits per heavy atom. The predicted octanol–water partition coefficient (Wildman–Crippen LogP) is 4.99. The minimum absolute atomic E-state index is 0.00899. The van der Waals surface area contributed by atoms with E-state index < -0.39 is 11.8 Å². The van der Waals surface area contributed by atoms with E-state index in [-0.39, 0.29) is 17.2 Å². The monoisotopic (exact) mass is 506 g/mol. The van der Waals surface area contributed by atoms with Crippen molar-refractivity contribution in [3.63, 3.8) is 0 Å². The Labute approximate surface area is 199 Å². The number of fused-ring (bicyclic) bond motifs is 1. The second kappa shape index (κ2) is 9.46.